The van der Waals surface area contributed by atoms with E-state index >= 15 is 0 Å². The third-order valence-electron chi connectivity index (χ3n) is 4.48. The number of carbonyl (C=O) groups excluding carboxylic acids is 2. The Morgan fingerprint density at radius 3 is 2.48 bits per heavy atom. The van der Waals surface area contributed by atoms with E-state index in [1.807, 2.05) is 30.3 Å². The van der Waals surface area contributed by atoms with Crippen LogP contribution in [0, 0.1) is 10.1 Å². The Kier molecular flexibility index (Phi) is 5.07. The standard InChI is InChI=1S/C19H18N2O6/c1-26-14-7-8-15(16(11-14)21(24)25)20-17(22)12-27-18(23)19(9-10-19)13-5-3-2-4-6-13/h2-8,11H,9-10,12H2,1H3,(H,20,22). The predicted molar refractivity (Wildman–Crippen MR) is 96.6 cm³/mol. The van der Waals surface area contributed by atoms with Crippen molar-refractivity contribution in [1.29, 1.82) is 0 Å². The number of rotatable bonds is 7. The lowest BCUT2D eigenvalue weighted by Crippen LogP contribution is -2.28. The summed E-state index contributed by atoms with van der Waals surface area (Å²) in [5.74, 6) is -0.821. The number of amides is 1. The number of nitrogens with zero attached hydrogens (tertiary/aromatic N) is 1. The molecule has 8 heteroatoms. The van der Waals surface area contributed by atoms with Crippen LogP contribution in [-0.4, -0.2) is 30.5 Å². The first-order valence-electron chi connectivity index (χ1n) is 8.31. The first-order valence-corrected chi connectivity index (χ1v) is 8.31. The highest BCUT2D eigenvalue weighted by Crippen LogP contribution is 2.49. The first kappa shape index (κ1) is 18.4. The summed E-state index contributed by atoms with van der Waals surface area (Å²) in [7, 11) is 1.39. The van der Waals surface area contributed by atoms with E-state index in [9.17, 15) is 19.7 Å². The van der Waals surface area contributed by atoms with Crippen molar-refractivity contribution < 1.29 is 24.0 Å². The van der Waals surface area contributed by atoms with Crippen LogP contribution in [0.4, 0.5) is 11.4 Å². The third kappa shape index (κ3) is 3.89. The fourth-order valence-corrected chi connectivity index (χ4v) is 2.84. The summed E-state index contributed by atoms with van der Waals surface area (Å²) >= 11 is 0. The number of methoxy groups -OCH3 is 1. The number of nitro groups is 1. The number of esters is 1. The van der Waals surface area contributed by atoms with Gasteiger partial charge in [0.05, 0.1) is 23.5 Å². The quantitative estimate of drug-likeness (QED) is 0.456. The molecule has 0 saturated heterocycles. The van der Waals surface area contributed by atoms with Gasteiger partial charge in [-0.3, -0.25) is 19.7 Å². The van der Waals surface area contributed by atoms with Crippen molar-refractivity contribution in [3.05, 3.63) is 64.2 Å². The van der Waals surface area contributed by atoms with Crippen molar-refractivity contribution in [2.75, 3.05) is 19.0 Å². The summed E-state index contributed by atoms with van der Waals surface area (Å²) in [5.41, 5.74) is -0.127. The molecule has 27 heavy (non-hydrogen) atoms. The molecule has 0 radical (unpaired) electrons. The molecule has 1 saturated carbocycles. The lowest BCUT2D eigenvalue weighted by molar-refractivity contribution is -0.384. The Morgan fingerprint density at radius 1 is 1.19 bits per heavy atom. The van der Waals surface area contributed by atoms with Gasteiger partial charge in [-0.25, -0.2) is 0 Å². The second kappa shape index (κ2) is 7.45. The van der Waals surface area contributed by atoms with E-state index in [-0.39, 0.29) is 11.4 Å². The summed E-state index contributed by atoms with van der Waals surface area (Å²) in [6.07, 6.45) is 1.34. The van der Waals surface area contributed by atoms with E-state index in [0.29, 0.717) is 18.6 Å². The second-order valence-electron chi connectivity index (χ2n) is 6.21. The van der Waals surface area contributed by atoms with E-state index < -0.39 is 28.8 Å². The molecule has 0 unspecified atom stereocenters. The Balaban J connectivity index is 1.62. The van der Waals surface area contributed by atoms with Gasteiger partial charge in [-0.15, -0.1) is 0 Å². The van der Waals surface area contributed by atoms with Crippen LogP contribution < -0.4 is 10.1 Å². The van der Waals surface area contributed by atoms with Crippen molar-refractivity contribution in [3.63, 3.8) is 0 Å². The molecule has 1 aliphatic rings. The first-order chi connectivity index (χ1) is 13.0. The Morgan fingerprint density at radius 2 is 1.89 bits per heavy atom. The summed E-state index contributed by atoms with van der Waals surface area (Å²) in [5, 5.41) is 13.5. The van der Waals surface area contributed by atoms with Gasteiger partial charge in [-0.1, -0.05) is 30.3 Å². The molecule has 3 rings (SSSR count). The maximum atomic E-state index is 12.4. The Hall–Kier alpha value is -3.42. The van der Waals surface area contributed by atoms with Gasteiger partial charge in [-0.05, 0) is 30.5 Å². The highest BCUT2D eigenvalue weighted by molar-refractivity contribution is 5.96. The van der Waals surface area contributed by atoms with Crippen LogP contribution in [0.5, 0.6) is 5.75 Å². The number of ether oxygens (including phenoxy) is 2. The SMILES string of the molecule is COc1ccc(NC(=O)COC(=O)C2(c3ccccc3)CC2)c([N+](=O)[O-])c1. The molecule has 1 aliphatic carbocycles. The Bertz CT molecular complexity index is 877. The Labute approximate surface area is 155 Å². The highest BCUT2D eigenvalue weighted by atomic mass is 16.6. The van der Waals surface area contributed by atoms with Crippen molar-refractivity contribution in [2.24, 2.45) is 0 Å². The van der Waals surface area contributed by atoms with Crippen molar-refractivity contribution in [1.82, 2.24) is 0 Å². The molecular weight excluding hydrogens is 352 g/mol. The average Bonchev–Trinajstić information content (AvgIpc) is 3.49. The molecule has 2 aromatic rings. The average molecular weight is 370 g/mol. The van der Waals surface area contributed by atoms with Gasteiger partial charge in [0.2, 0.25) is 0 Å². The van der Waals surface area contributed by atoms with Crippen LogP contribution >= 0.6 is 0 Å². The summed E-state index contributed by atoms with van der Waals surface area (Å²) < 4.78 is 10.1. The van der Waals surface area contributed by atoms with Gasteiger partial charge < -0.3 is 14.8 Å². The molecule has 0 bridgehead atoms. The van der Waals surface area contributed by atoms with E-state index in [1.165, 1.54) is 25.3 Å². The monoisotopic (exact) mass is 370 g/mol. The van der Waals surface area contributed by atoms with Crippen LogP contribution in [0.3, 0.4) is 0 Å². The molecule has 1 amide bonds. The zero-order valence-corrected chi connectivity index (χ0v) is 14.6. The highest BCUT2D eigenvalue weighted by Gasteiger charge is 2.52. The zero-order valence-electron chi connectivity index (χ0n) is 14.6. The van der Waals surface area contributed by atoms with Crippen LogP contribution in [-0.2, 0) is 19.7 Å². The largest absolute Gasteiger partial charge is 0.496 e. The van der Waals surface area contributed by atoms with E-state index in [4.69, 9.17) is 9.47 Å². The van der Waals surface area contributed by atoms with Crippen LogP contribution in [0.15, 0.2) is 48.5 Å². The van der Waals surface area contributed by atoms with Gasteiger partial charge in [0, 0.05) is 0 Å². The number of anilines is 1. The molecule has 0 spiro atoms. The number of nitrogens with one attached hydrogen (secondary N) is 1. The molecule has 1 N–H and O–H groups in total. The van der Waals surface area contributed by atoms with Gasteiger partial charge in [0.25, 0.3) is 11.6 Å². The molecule has 140 valence electrons. The fourth-order valence-electron chi connectivity index (χ4n) is 2.84. The lowest BCUT2D eigenvalue weighted by atomic mass is 9.96. The number of nitro benzene ring substituents is 1. The lowest BCUT2D eigenvalue weighted by Gasteiger charge is -2.14. The smallest absolute Gasteiger partial charge is 0.317 e. The van der Waals surface area contributed by atoms with E-state index in [0.717, 1.165) is 5.56 Å². The summed E-state index contributed by atoms with van der Waals surface area (Å²) in [4.78, 5) is 35.0. The molecule has 0 aromatic heterocycles. The summed E-state index contributed by atoms with van der Waals surface area (Å²) in [6.45, 7) is -0.517. The molecule has 0 aliphatic heterocycles. The van der Waals surface area contributed by atoms with E-state index in [1.54, 1.807) is 0 Å². The molecule has 8 nitrogen and oxygen atoms in total. The van der Waals surface area contributed by atoms with Crippen molar-refractivity contribution >= 4 is 23.3 Å². The second-order valence-corrected chi connectivity index (χ2v) is 6.21. The molecule has 2 aromatic carbocycles. The van der Waals surface area contributed by atoms with Crippen molar-refractivity contribution in [2.45, 2.75) is 18.3 Å². The van der Waals surface area contributed by atoms with E-state index in [2.05, 4.69) is 5.32 Å². The van der Waals surface area contributed by atoms with Gasteiger partial charge >= 0.3 is 5.97 Å². The molecule has 0 atom stereocenters. The van der Waals surface area contributed by atoms with Crippen LogP contribution in [0.25, 0.3) is 0 Å². The van der Waals surface area contributed by atoms with Gasteiger partial charge in [0.15, 0.2) is 6.61 Å². The summed E-state index contributed by atoms with van der Waals surface area (Å²) in [6, 6.07) is 13.3. The van der Waals surface area contributed by atoms with Crippen LogP contribution in [0.1, 0.15) is 18.4 Å². The number of carbonyl (C=O) groups is 2. The maximum absolute atomic E-state index is 12.4. The van der Waals surface area contributed by atoms with Crippen molar-refractivity contribution in [3.8, 4) is 5.75 Å². The van der Waals surface area contributed by atoms with Gasteiger partial charge in [-0.2, -0.15) is 0 Å². The minimum absolute atomic E-state index is 0.00560. The topological polar surface area (TPSA) is 108 Å². The number of hydrogen-bond acceptors (Lipinski definition) is 6. The number of benzene rings is 2. The predicted octanol–water partition coefficient (Wildman–Crippen LogP) is 2.82. The van der Waals surface area contributed by atoms with Gasteiger partial charge in [0.1, 0.15) is 11.4 Å². The van der Waals surface area contributed by atoms with Crippen LogP contribution in [0.2, 0.25) is 0 Å². The fraction of sp³-hybridized carbons (Fsp3) is 0.263. The number of hydrogen-bond donors (Lipinski definition) is 1. The minimum Gasteiger partial charge on any atom is -0.496 e. The normalized spacial score (nSPS) is 14.1. The molecule has 1 fully saturated rings. The molecule has 0 heterocycles. The maximum Gasteiger partial charge on any atom is 0.317 e. The third-order valence-corrected chi connectivity index (χ3v) is 4.48. The zero-order chi connectivity index (χ0) is 19.4. The minimum atomic E-state index is -0.687. The molecular formula is C19H18N2O6.